The Morgan fingerprint density at radius 2 is 1.84 bits per heavy atom. The number of rotatable bonds is 6. The van der Waals surface area contributed by atoms with Gasteiger partial charge in [-0.15, -0.1) is 0 Å². The third kappa shape index (κ3) is 4.79. The normalized spacial score (nSPS) is 9.95. The highest BCUT2D eigenvalue weighted by molar-refractivity contribution is 5.94. The molecule has 0 bridgehead atoms. The number of carboxylic acid groups (broad SMARTS) is 2. The zero-order valence-corrected chi connectivity index (χ0v) is 10.5. The molecule has 1 aromatic carbocycles. The molecule has 0 aliphatic rings. The first kappa shape index (κ1) is 14.7. The molecule has 0 unspecified atom stereocenters. The molecule has 0 spiro atoms. The summed E-state index contributed by atoms with van der Waals surface area (Å²) in [6.07, 6.45) is 0.267. The highest BCUT2D eigenvalue weighted by Gasteiger charge is 2.09. The van der Waals surface area contributed by atoms with Gasteiger partial charge in [0.15, 0.2) is 0 Å². The number of benzene rings is 1. The molecular weight excluding hydrogens is 250 g/mol. The molecule has 3 N–H and O–H groups in total. The molecule has 0 atom stereocenters. The Labute approximate surface area is 110 Å². The molecule has 0 aliphatic carbocycles. The Bertz CT molecular complexity index is 510. The van der Waals surface area contributed by atoms with Gasteiger partial charge in [0, 0.05) is 18.5 Å². The van der Waals surface area contributed by atoms with Gasteiger partial charge in [-0.1, -0.05) is 6.07 Å². The zero-order valence-electron chi connectivity index (χ0n) is 10.5. The van der Waals surface area contributed by atoms with Gasteiger partial charge in [-0.3, -0.25) is 9.59 Å². The summed E-state index contributed by atoms with van der Waals surface area (Å²) in [7, 11) is 0. The van der Waals surface area contributed by atoms with Crippen molar-refractivity contribution < 1.29 is 24.6 Å². The molecule has 0 saturated carbocycles. The number of hydrogen-bond donors (Lipinski definition) is 3. The van der Waals surface area contributed by atoms with Crippen LogP contribution in [0.5, 0.6) is 0 Å². The second-order valence-electron chi connectivity index (χ2n) is 4.13. The standard InChI is InChI=1S/C13H15NO5/c1-8-5-6-9(7-10(8)13(18)19)14-11(15)3-2-4-12(16)17/h5-7H,2-4H2,1H3,(H,14,15)(H,16,17)(H,18,19). The van der Waals surface area contributed by atoms with E-state index in [1.165, 1.54) is 6.07 Å². The lowest BCUT2D eigenvalue weighted by Crippen LogP contribution is -2.12. The fourth-order valence-corrected chi connectivity index (χ4v) is 1.55. The van der Waals surface area contributed by atoms with Crippen molar-refractivity contribution in [2.75, 3.05) is 5.32 Å². The molecule has 1 aromatic rings. The Morgan fingerprint density at radius 1 is 1.16 bits per heavy atom. The number of hydrogen-bond acceptors (Lipinski definition) is 3. The van der Waals surface area contributed by atoms with Crippen LogP contribution in [-0.2, 0) is 9.59 Å². The van der Waals surface area contributed by atoms with Crippen LogP contribution in [0, 0.1) is 6.92 Å². The van der Waals surface area contributed by atoms with Gasteiger partial charge in [-0.05, 0) is 31.0 Å². The summed E-state index contributed by atoms with van der Waals surface area (Å²) in [4.78, 5) is 32.7. The predicted molar refractivity (Wildman–Crippen MR) is 68.3 cm³/mol. The summed E-state index contributed by atoms with van der Waals surface area (Å²) in [5.41, 5.74) is 1.13. The van der Waals surface area contributed by atoms with E-state index in [9.17, 15) is 14.4 Å². The summed E-state index contributed by atoms with van der Waals surface area (Å²) < 4.78 is 0. The number of carboxylic acids is 2. The van der Waals surface area contributed by atoms with E-state index in [0.717, 1.165) is 0 Å². The van der Waals surface area contributed by atoms with Crippen LogP contribution in [0.25, 0.3) is 0 Å². The minimum absolute atomic E-state index is 0.0678. The van der Waals surface area contributed by atoms with Crippen molar-refractivity contribution in [3.63, 3.8) is 0 Å². The first-order valence-electron chi connectivity index (χ1n) is 5.75. The fraction of sp³-hybridized carbons (Fsp3) is 0.308. The fourth-order valence-electron chi connectivity index (χ4n) is 1.55. The average molecular weight is 265 g/mol. The van der Waals surface area contributed by atoms with Gasteiger partial charge in [0.2, 0.25) is 5.91 Å². The van der Waals surface area contributed by atoms with Crippen LogP contribution in [0.3, 0.4) is 0 Å². The van der Waals surface area contributed by atoms with Crippen LogP contribution in [0.4, 0.5) is 5.69 Å². The zero-order chi connectivity index (χ0) is 14.4. The maximum atomic E-state index is 11.5. The molecule has 0 saturated heterocycles. The minimum atomic E-state index is -1.06. The molecule has 0 aromatic heterocycles. The van der Waals surface area contributed by atoms with Crippen LogP contribution < -0.4 is 5.32 Å². The molecule has 0 fully saturated rings. The molecule has 0 heterocycles. The number of carbonyl (C=O) groups is 3. The summed E-state index contributed by atoms with van der Waals surface area (Å²) in [6, 6.07) is 4.60. The minimum Gasteiger partial charge on any atom is -0.481 e. The molecule has 6 nitrogen and oxygen atoms in total. The van der Waals surface area contributed by atoms with Gasteiger partial charge in [0.05, 0.1) is 5.56 Å². The van der Waals surface area contributed by atoms with Gasteiger partial charge < -0.3 is 15.5 Å². The number of amides is 1. The van der Waals surface area contributed by atoms with Crippen LogP contribution in [-0.4, -0.2) is 28.1 Å². The van der Waals surface area contributed by atoms with Crippen LogP contribution in [0.1, 0.15) is 35.2 Å². The van der Waals surface area contributed by atoms with Crippen molar-refractivity contribution in [1.29, 1.82) is 0 Å². The second kappa shape index (κ2) is 6.53. The third-order valence-corrected chi connectivity index (χ3v) is 2.55. The molecule has 6 heteroatoms. The number of aromatic carboxylic acids is 1. The summed E-state index contributed by atoms with van der Waals surface area (Å²) in [6.45, 7) is 1.67. The number of carbonyl (C=O) groups excluding carboxylic acids is 1. The summed E-state index contributed by atoms with van der Waals surface area (Å²) in [5, 5.41) is 19.9. The van der Waals surface area contributed by atoms with Crippen LogP contribution >= 0.6 is 0 Å². The van der Waals surface area contributed by atoms with Crippen LogP contribution in [0.2, 0.25) is 0 Å². The molecule has 19 heavy (non-hydrogen) atoms. The smallest absolute Gasteiger partial charge is 0.336 e. The van der Waals surface area contributed by atoms with E-state index in [0.29, 0.717) is 11.3 Å². The molecule has 1 rings (SSSR count). The van der Waals surface area contributed by atoms with E-state index >= 15 is 0 Å². The maximum Gasteiger partial charge on any atom is 0.336 e. The highest BCUT2D eigenvalue weighted by Crippen LogP contribution is 2.15. The van der Waals surface area contributed by atoms with Crippen molar-refractivity contribution in [2.24, 2.45) is 0 Å². The topological polar surface area (TPSA) is 104 Å². The van der Waals surface area contributed by atoms with Crippen molar-refractivity contribution >= 4 is 23.5 Å². The van der Waals surface area contributed by atoms with Gasteiger partial charge in [0.1, 0.15) is 0 Å². The van der Waals surface area contributed by atoms with E-state index in [2.05, 4.69) is 5.32 Å². The Kier molecular flexibility index (Phi) is 5.05. The first-order valence-corrected chi connectivity index (χ1v) is 5.75. The summed E-state index contributed by atoms with van der Waals surface area (Å²) in [5.74, 6) is -2.34. The Hall–Kier alpha value is -2.37. The molecular formula is C13H15NO5. The van der Waals surface area contributed by atoms with Crippen molar-refractivity contribution in [3.05, 3.63) is 29.3 Å². The van der Waals surface area contributed by atoms with E-state index in [4.69, 9.17) is 10.2 Å². The van der Waals surface area contributed by atoms with Crippen LogP contribution in [0.15, 0.2) is 18.2 Å². The first-order chi connectivity index (χ1) is 8.90. The van der Waals surface area contributed by atoms with E-state index in [1.54, 1.807) is 19.1 Å². The lowest BCUT2D eigenvalue weighted by atomic mass is 10.1. The summed E-state index contributed by atoms with van der Waals surface area (Å²) >= 11 is 0. The van der Waals surface area contributed by atoms with Crippen molar-refractivity contribution in [2.45, 2.75) is 26.2 Å². The molecule has 0 aliphatic heterocycles. The number of nitrogens with one attached hydrogen (secondary N) is 1. The van der Waals surface area contributed by atoms with E-state index in [1.807, 2.05) is 0 Å². The van der Waals surface area contributed by atoms with Gasteiger partial charge in [-0.25, -0.2) is 4.79 Å². The largest absolute Gasteiger partial charge is 0.481 e. The SMILES string of the molecule is Cc1ccc(NC(=O)CCCC(=O)O)cc1C(=O)O. The molecule has 1 amide bonds. The second-order valence-corrected chi connectivity index (χ2v) is 4.13. The predicted octanol–water partition coefficient (Wildman–Crippen LogP) is 1.89. The quantitative estimate of drug-likeness (QED) is 0.728. The van der Waals surface area contributed by atoms with Gasteiger partial charge in [0.25, 0.3) is 0 Å². The van der Waals surface area contributed by atoms with E-state index in [-0.39, 0.29) is 30.7 Å². The molecule has 0 radical (unpaired) electrons. The number of aryl methyl sites for hydroxylation is 1. The lowest BCUT2D eigenvalue weighted by molar-refractivity contribution is -0.137. The Balaban J connectivity index is 2.62. The van der Waals surface area contributed by atoms with Crippen molar-refractivity contribution in [3.8, 4) is 0 Å². The lowest BCUT2D eigenvalue weighted by Gasteiger charge is -2.07. The van der Waals surface area contributed by atoms with E-state index < -0.39 is 11.9 Å². The third-order valence-electron chi connectivity index (χ3n) is 2.55. The van der Waals surface area contributed by atoms with Gasteiger partial charge >= 0.3 is 11.9 Å². The monoisotopic (exact) mass is 265 g/mol. The average Bonchev–Trinajstić information content (AvgIpc) is 2.30. The highest BCUT2D eigenvalue weighted by atomic mass is 16.4. The maximum absolute atomic E-state index is 11.5. The Morgan fingerprint density at radius 3 is 2.42 bits per heavy atom. The molecule has 102 valence electrons. The number of aliphatic carboxylic acids is 1. The van der Waals surface area contributed by atoms with Crippen molar-refractivity contribution in [1.82, 2.24) is 0 Å². The van der Waals surface area contributed by atoms with Gasteiger partial charge in [-0.2, -0.15) is 0 Å². The number of anilines is 1.